The molecule has 0 N–H and O–H groups in total. The second-order valence-corrected chi connectivity index (χ2v) is 9.48. The van der Waals surface area contributed by atoms with Crippen molar-refractivity contribution in [1.82, 2.24) is 14.8 Å². The Kier molecular flexibility index (Phi) is 6.67. The zero-order valence-corrected chi connectivity index (χ0v) is 18.6. The van der Waals surface area contributed by atoms with Crippen molar-refractivity contribution in [2.24, 2.45) is 0 Å². The lowest BCUT2D eigenvalue weighted by Crippen LogP contribution is -2.47. The predicted octanol–water partition coefficient (Wildman–Crippen LogP) is 5.62. The maximum absolute atomic E-state index is 13.1. The van der Waals surface area contributed by atoms with Crippen LogP contribution in [-0.2, 0) is 6.18 Å². The minimum Gasteiger partial charge on any atom is -0.338 e. The molecule has 2 aliphatic heterocycles. The summed E-state index contributed by atoms with van der Waals surface area (Å²) in [6, 6.07) is 5.51. The molecule has 0 aliphatic carbocycles. The highest BCUT2D eigenvalue weighted by molar-refractivity contribution is 7.17. The second-order valence-electron chi connectivity index (χ2n) is 8.48. The molecule has 0 spiro atoms. The maximum atomic E-state index is 13.1. The van der Waals surface area contributed by atoms with E-state index >= 15 is 0 Å². The average Bonchev–Trinajstić information content (AvgIpc) is 2.96. The molecule has 2 saturated heterocycles. The van der Waals surface area contributed by atoms with Crippen LogP contribution in [0.3, 0.4) is 0 Å². The van der Waals surface area contributed by atoms with Crippen molar-refractivity contribution in [3.8, 4) is 10.6 Å². The number of aromatic nitrogens is 1. The minimum atomic E-state index is -4.36. The van der Waals surface area contributed by atoms with Crippen LogP contribution in [0, 0.1) is 6.92 Å². The summed E-state index contributed by atoms with van der Waals surface area (Å²) in [5, 5.41) is 0.578. The Bertz CT molecular complexity index is 894. The van der Waals surface area contributed by atoms with E-state index in [0.717, 1.165) is 38.1 Å². The van der Waals surface area contributed by atoms with E-state index in [1.807, 2.05) is 4.90 Å². The molecule has 168 valence electrons. The number of nitrogens with zero attached hydrogens (tertiary/aromatic N) is 3. The number of piperidine rings is 1. The maximum Gasteiger partial charge on any atom is 0.416 e. The summed E-state index contributed by atoms with van der Waals surface area (Å²) in [4.78, 5) is 22.7. The number of alkyl halides is 3. The summed E-state index contributed by atoms with van der Waals surface area (Å²) >= 11 is 1.27. The molecular formula is C23H28F3N3OS. The molecule has 1 aromatic heterocycles. The number of thiazole rings is 1. The van der Waals surface area contributed by atoms with Crippen LogP contribution in [0.25, 0.3) is 10.6 Å². The third-order valence-electron chi connectivity index (χ3n) is 6.36. The highest BCUT2D eigenvalue weighted by Gasteiger charge is 2.31. The Morgan fingerprint density at radius 3 is 2.19 bits per heavy atom. The van der Waals surface area contributed by atoms with Crippen molar-refractivity contribution in [1.29, 1.82) is 0 Å². The summed E-state index contributed by atoms with van der Waals surface area (Å²) in [5.41, 5.74) is 0.549. The quantitative estimate of drug-likeness (QED) is 0.608. The van der Waals surface area contributed by atoms with Gasteiger partial charge in [0.2, 0.25) is 0 Å². The number of likely N-dealkylation sites (tertiary alicyclic amines) is 2. The van der Waals surface area contributed by atoms with Gasteiger partial charge in [-0.15, -0.1) is 11.3 Å². The Hall–Kier alpha value is -1.93. The summed E-state index contributed by atoms with van der Waals surface area (Å²) in [7, 11) is 0. The van der Waals surface area contributed by atoms with Gasteiger partial charge in [-0.1, -0.05) is 25.0 Å². The fraction of sp³-hybridized carbons (Fsp3) is 0.565. The number of aryl methyl sites for hydroxylation is 1. The summed E-state index contributed by atoms with van der Waals surface area (Å²) in [6.45, 7) is 5.62. The number of halogens is 3. The van der Waals surface area contributed by atoms with E-state index in [0.29, 0.717) is 27.2 Å². The molecule has 0 saturated carbocycles. The van der Waals surface area contributed by atoms with Gasteiger partial charge in [0.25, 0.3) is 5.91 Å². The van der Waals surface area contributed by atoms with Gasteiger partial charge >= 0.3 is 6.18 Å². The number of rotatable bonds is 3. The summed E-state index contributed by atoms with van der Waals surface area (Å²) in [6.07, 6.45) is 2.81. The van der Waals surface area contributed by atoms with Gasteiger partial charge in [-0.2, -0.15) is 13.2 Å². The second kappa shape index (κ2) is 9.28. The third kappa shape index (κ3) is 5.12. The number of hydrogen-bond donors (Lipinski definition) is 0. The third-order valence-corrected chi connectivity index (χ3v) is 7.55. The number of carbonyl (C=O) groups is 1. The molecule has 0 unspecified atom stereocenters. The van der Waals surface area contributed by atoms with E-state index in [9.17, 15) is 18.0 Å². The molecule has 31 heavy (non-hydrogen) atoms. The topological polar surface area (TPSA) is 36.4 Å². The molecule has 2 aliphatic rings. The van der Waals surface area contributed by atoms with Crippen molar-refractivity contribution in [3.63, 3.8) is 0 Å². The van der Waals surface area contributed by atoms with Crippen LogP contribution in [0.5, 0.6) is 0 Å². The predicted molar refractivity (Wildman–Crippen MR) is 116 cm³/mol. The Morgan fingerprint density at radius 1 is 1.00 bits per heavy atom. The lowest BCUT2D eigenvalue weighted by Gasteiger charge is -2.38. The molecule has 2 fully saturated rings. The monoisotopic (exact) mass is 451 g/mol. The molecule has 4 nitrogen and oxygen atoms in total. The van der Waals surface area contributed by atoms with E-state index < -0.39 is 11.7 Å². The van der Waals surface area contributed by atoms with Gasteiger partial charge < -0.3 is 9.80 Å². The van der Waals surface area contributed by atoms with E-state index in [4.69, 9.17) is 0 Å². The van der Waals surface area contributed by atoms with Crippen LogP contribution in [0.4, 0.5) is 13.2 Å². The number of amides is 1. The van der Waals surface area contributed by atoms with Crippen molar-refractivity contribution < 1.29 is 18.0 Å². The Morgan fingerprint density at radius 2 is 1.61 bits per heavy atom. The van der Waals surface area contributed by atoms with Crippen molar-refractivity contribution in [3.05, 3.63) is 40.4 Å². The van der Waals surface area contributed by atoms with Crippen LogP contribution in [0.1, 0.15) is 59.5 Å². The summed E-state index contributed by atoms with van der Waals surface area (Å²) < 4.78 is 38.4. The number of carbonyl (C=O) groups excluding carboxylic acids is 1. The lowest BCUT2D eigenvalue weighted by molar-refractivity contribution is -0.137. The van der Waals surface area contributed by atoms with Gasteiger partial charge in [-0.05, 0) is 57.8 Å². The molecule has 0 atom stereocenters. The van der Waals surface area contributed by atoms with Crippen LogP contribution < -0.4 is 0 Å². The SMILES string of the molecule is Cc1nc(-c2ccc(C(F)(F)F)cc2)sc1C(=O)N1CCC(N2CCCCCC2)CC1. The highest BCUT2D eigenvalue weighted by atomic mass is 32.1. The molecular weight excluding hydrogens is 423 g/mol. The van der Waals surface area contributed by atoms with Crippen LogP contribution in [-0.4, -0.2) is 52.9 Å². The van der Waals surface area contributed by atoms with Gasteiger partial charge in [0.05, 0.1) is 11.3 Å². The first kappa shape index (κ1) is 22.3. The molecule has 1 aromatic carbocycles. The molecule has 4 rings (SSSR count). The van der Waals surface area contributed by atoms with Crippen molar-refractivity contribution in [2.45, 2.75) is 57.7 Å². The molecule has 0 radical (unpaired) electrons. The smallest absolute Gasteiger partial charge is 0.338 e. The molecule has 8 heteroatoms. The van der Waals surface area contributed by atoms with E-state index in [1.165, 1.54) is 62.2 Å². The standard InChI is InChI=1S/C23H28F3N3OS/c1-16-20(31-21(27-16)17-6-8-18(9-7-17)23(24,25)26)22(30)29-14-10-19(11-15-29)28-12-4-2-3-5-13-28/h6-9,19H,2-5,10-15H2,1H3. The molecule has 0 bridgehead atoms. The largest absolute Gasteiger partial charge is 0.416 e. The zero-order valence-electron chi connectivity index (χ0n) is 17.7. The van der Waals surface area contributed by atoms with E-state index in [2.05, 4.69) is 9.88 Å². The average molecular weight is 452 g/mol. The molecule has 2 aromatic rings. The number of hydrogen-bond acceptors (Lipinski definition) is 4. The normalized spacial score (nSPS) is 19.4. The van der Waals surface area contributed by atoms with Crippen molar-refractivity contribution >= 4 is 17.2 Å². The molecule has 1 amide bonds. The van der Waals surface area contributed by atoms with Gasteiger partial charge in [-0.25, -0.2) is 4.98 Å². The first-order valence-corrected chi connectivity index (χ1v) is 11.8. The Labute approximate surface area is 185 Å². The van der Waals surface area contributed by atoms with Crippen LogP contribution in [0.15, 0.2) is 24.3 Å². The van der Waals surface area contributed by atoms with Gasteiger partial charge in [0.15, 0.2) is 0 Å². The van der Waals surface area contributed by atoms with E-state index in [1.54, 1.807) is 6.92 Å². The van der Waals surface area contributed by atoms with Gasteiger partial charge in [-0.3, -0.25) is 4.79 Å². The fourth-order valence-corrected chi connectivity index (χ4v) is 5.60. The van der Waals surface area contributed by atoms with Crippen molar-refractivity contribution in [2.75, 3.05) is 26.2 Å². The minimum absolute atomic E-state index is 0.0116. The highest BCUT2D eigenvalue weighted by Crippen LogP contribution is 2.33. The van der Waals surface area contributed by atoms with Gasteiger partial charge in [0.1, 0.15) is 9.88 Å². The molecule has 3 heterocycles. The fourth-order valence-electron chi connectivity index (χ4n) is 4.56. The summed E-state index contributed by atoms with van der Waals surface area (Å²) in [5.74, 6) is -0.0116. The van der Waals surface area contributed by atoms with Crippen LogP contribution >= 0.6 is 11.3 Å². The zero-order chi connectivity index (χ0) is 22.0. The van der Waals surface area contributed by atoms with E-state index in [-0.39, 0.29) is 5.91 Å². The lowest BCUT2D eigenvalue weighted by atomic mass is 10.0. The first-order valence-electron chi connectivity index (χ1n) is 11.0. The van der Waals surface area contributed by atoms with Crippen LogP contribution in [0.2, 0.25) is 0 Å². The number of benzene rings is 1. The Balaban J connectivity index is 1.41. The first-order chi connectivity index (χ1) is 14.8. The van der Waals surface area contributed by atoms with Gasteiger partial charge in [0, 0.05) is 24.7 Å².